The Bertz CT molecular complexity index is 1290. The van der Waals surface area contributed by atoms with Gasteiger partial charge in [0.25, 0.3) is 15.9 Å². The molecule has 0 aliphatic carbocycles. The van der Waals surface area contributed by atoms with Crippen LogP contribution in [0.25, 0.3) is 0 Å². The van der Waals surface area contributed by atoms with Gasteiger partial charge in [-0.15, -0.1) is 0 Å². The van der Waals surface area contributed by atoms with E-state index in [-0.39, 0.29) is 21.3 Å². The molecule has 0 saturated carbocycles. The van der Waals surface area contributed by atoms with E-state index in [1.54, 1.807) is 37.3 Å². The molecule has 7 nitrogen and oxygen atoms in total. The van der Waals surface area contributed by atoms with Gasteiger partial charge in [-0.25, -0.2) is 12.8 Å². The molecule has 3 N–H and O–H groups in total. The molecule has 0 unspecified atom stereocenters. The summed E-state index contributed by atoms with van der Waals surface area (Å²) in [7, 11) is -3.92. The summed E-state index contributed by atoms with van der Waals surface area (Å²) in [6.45, 7) is 2.08. The first-order valence-electron chi connectivity index (χ1n) is 9.61. The molecular weight excluding hydrogens is 533 g/mol. The number of hydrogen-bond acceptors (Lipinski definition) is 5. The zero-order valence-corrected chi connectivity index (χ0v) is 20.5. The van der Waals surface area contributed by atoms with Crippen LogP contribution in [0.1, 0.15) is 17.3 Å². The number of carbonyl (C=O) groups is 1. The summed E-state index contributed by atoms with van der Waals surface area (Å²) in [5.41, 5.74) is 0.670. The molecule has 0 atom stereocenters. The maximum atomic E-state index is 13.7. The fourth-order valence-corrected chi connectivity index (χ4v) is 4.73. The topological polar surface area (TPSA) is 96.5 Å². The number of sulfonamides is 1. The molecule has 1 amide bonds. The highest BCUT2D eigenvalue weighted by Gasteiger charge is 2.20. The average molecular weight is 552 g/mol. The fourth-order valence-electron chi connectivity index (χ4n) is 2.78. The molecule has 3 aromatic rings. The van der Waals surface area contributed by atoms with Crippen LogP contribution < -0.4 is 20.1 Å². The molecule has 3 rings (SSSR count). The van der Waals surface area contributed by atoms with E-state index in [9.17, 15) is 17.6 Å². The lowest BCUT2D eigenvalue weighted by molar-refractivity contribution is 0.0974. The number of rotatable bonds is 7. The van der Waals surface area contributed by atoms with E-state index in [2.05, 4.69) is 31.3 Å². The van der Waals surface area contributed by atoms with Crippen molar-refractivity contribution in [2.75, 3.05) is 16.6 Å². The molecule has 0 spiro atoms. The number of carbonyl (C=O) groups excluding carboxylic acids is 1. The Balaban J connectivity index is 1.67. The van der Waals surface area contributed by atoms with Crippen molar-refractivity contribution in [1.29, 1.82) is 0 Å². The van der Waals surface area contributed by atoms with E-state index in [4.69, 9.17) is 17.0 Å². The van der Waals surface area contributed by atoms with E-state index in [1.807, 2.05) is 0 Å². The molecule has 0 fully saturated rings. The van der Waals surface area contributed by atoms with Gasteiger partial charge in [0.1, 0.15) is 16.5 Å². The number of nitrogens with one attached hydrogen (secondary N) is 3. The quantitative estimate of drug-likeness (QED) is 0.361. The van der Waals surface area contributed by atoms with Crippen LogP contribution in [0, 0.1) is 5.82 Å². The third-order valence-corrected chi connectivity index (χ3v) is 6.34. The molecule has 11 heteroatoms. The van der Waals surface area contributed by atoms with Gasteiger partial charge in [0, 0.05) is 15.8 Å². The second-order valence-corrected chi connectivity index (χ2v) is 9.57. The van der Waals surface area contributed by atoms with Crippen LogP contribution >= 0.6 is 28.1 Å². The average Bonchev–Trinajstić information content (AvgIpc) is 2.76. The molecule has 3 aromatic carbocycles. The van der Waals surface area contributed by atoms with Gasteiger partial charge in [-0.3, -0.25) is 14.8 Å². The minimum Gasteiger partial charge on any atom is -0.492 e. The van der Waals surface area contributed by atoms with Gasteiger partial charge < -0.3 is 10.1 Å². The monoisotopic (exact) mass is 551 g/mol. The van der Waals surface area contributed by atoms with Gasteiger partial charge in [-0.05, 0) is 73.7 Å². The van der Waals surface area contributed by atoms with E-state index in [0.29, 0.717) is 22.5 Å². The van der Waals surface area contributed by atoms with Crippen molar-refractivity contribution < 1.29 is 22.3 Å². The summed E-state index contributed by atoms with van der Waals surface area (Å²) < 4.78 is 48.0. The van der Waals surface area contributed by atoms with Crippen molar-refractivity contribution in [2.45, 2.75) is 11.8 Å². The van der Waals surface area contributed by atoms with Crippen molar-refractivity contribution in [3.63, 3.8) is 0 Å². The highest BCUT2D eigenvalue weighted by atomic mass is 79.9. The van der Waals surface area contributed by atoms with Crippen molar-refractivity contribution in [3.8, 4) is 5.75 Å². The Morgan fingerprint density at radius 2 is 1.73 bits per heavy atom. The highest BCUT2D eigenvalue weighted by Crippen LogP contribution is 2.29. The molecular formula is C22H19BrFN3O4S2. The summed E-state index contributed by atoms with van der Waals surface area (Å²) >= 11 is 8.37. The third-order valence-electron chi connectivity index (χ3n) is 4.24. The van der Waals surface area contributed by atoms with Crippen molar-refractivity contribution in [2.24, 2.45) is 0 Å². The van der Waals surface area contributed by atoms with E-state index in [0.717, 1.165) is 0 Å². The Hall–Kier alpha value is -3.02. The standard InChI is InChI=1S/C22H19BrFN3O4S2/c1-2-31-19-12-7-14(23)13-20(19)33(29,30)27-16-10-8-15(9-11-16)25-22(32)26-21(28)17-5-3-4-6-18(17)24/h3-13,27H,2H2,1H3,(H2,25,26,28,32). The Labute approximate surface area is 204 Å². The lowest BCUT2D eigenvalue weighted by Gasteiger charge is -2.14. The maximum Gasteiger partial charge on any atom is 0.265 e. The number of halogens is 2. The minimum absolute atomic E-state index is 0.00189. The first-order chi connectivity index (χ1) is 15.7. The number of anilines is 2. The predicted octanol–water partition coefficient (Wildman–Crippen LogP) is 4.91. The SMILES string of the molecule is CCOc1ccc(Br)cc1S(=O)(=O)Nc1ccc(NC(=S)NC(=O)c2ccccc2F)cc1. The minimum atomic E-state index is -3.92. The van der Waals surface area contributed by atoms with Crippen LogP contribution in [-0.2, 0) is 10.0 Å². The Kier molecular flexibility index (Phi) is 8.01. The van der Waals surface area contributed by atoms with Crippen LogP contribution in [0.4, 0.5) is 15.8 Å². The van der Waals surface area contributed by atoms with Crippen molar-refractivity contribution >= 4 is 60.6 Å². The highest BCUT2D eigenvalue weighted by molar-refractivity contribution is 9.10. The van der Waals surface area contributed by atoms with Gasteiger partial charge in [-0.2, -0.15) is 0 Å². The molecule has 0 saturated heterocycles. The van der Waals surface area contributed by atoms with Crippen LogP contribution in [0.3, 0.4) is 0 Å². The Morgan fingerprint density at radius 1 is 1.06 bits per heavy atom. The van der Waals surface area contributed by atoms with Crippen LogP contribution in [0.5, 0.6) is 5.75 Å². The van der Waals surface area contributed by atoms with E-state index in [1.165, 1.54) is 36.4 Å². The molecule has 0 bridgehead atoms. The van der Waals surface area contributed by atoms with Crippen LogP contribution in [-0.4, -0.2) is 26.0 Å². The van der Waals surface area contributed by atoms with Gasteiger partial charge in [-0.1, -0.05) is 28.1 Å². The molecule has 172 valence electrons. The van der Waals surface area contributed by atoms with Crippen molar-refractivity contribution in [1.82, 2.24) is 5.32 Å². The molecule has 33 heavy (non-hydrogen) atoms. The summed E-state index contributed by atoms with van der Waals surface area (Å²) in [6, 6.07) is 16.5. The summed E-state index contributed by atoms with van der Waals surface area (Å²) in [6.07, 6.45) is 0. The Morgan fingerprint density at radius 3 is 2.39 bits per heavy atom. The smallest absolute Gasteiger partial charge is 0.265 e. The predicted molar refractivity (Wildman–Crippen MR) is 133 cm³/mol. The zero-order valence-electron chi connectivity index (χ0n) is 17.3. The van der Waals surface area contributed by atoms with E-state index < -0.39 is 21.7 Å². The number of benzene rings is 3. The fraction of sp³-hybridized carbons (Fsp3) is 0.0909. The molecule has 0 aromatic heterocycles. The molecule has 0 radical (unpaired) electrons. The summed E-state index contributed by atoms with van der Waals surface area (Å²) in [5.74, 6) is -1.11. The second-order valence-electron chi connectivity index (χ2n) is 6.60. The van der Waals surface area contributed by atoms with Gasteiger partial charge in [0.05, 0.1) is 12.2 Å². The molecule has 0 aliphatic rings. The third kappa shape index (κ3) is 6.50. The molecule has 0 aliphatic heterocycles. The summed E-state index contributed by atoms with van der Waals surface area (Å²) in [5, 5.41) is 5.15. The first kappa shape index (κ1) is 24.6. The number of thiocarbonyl (C=S) groups is 1. The largest absolute Gasteiger partial charge is 0.492 e. The van der Waals surface area contributed by atoms with Crippen molar-refractivity contribution in [3.05, 3.63) is 82.6 Å². The van der Waals surface area contributed by atoms with Gasteiger partial charge in [0.15, 0.2) is 5.11 Å². The lowest BCUT2D eigenvalue weighted by atomic mass is 10.2. The number of amides is 1. The van der Waals surface area contributed by atoms with Gasteiger partial charge >= 0.3 is 0 Å². The van der Waals surface area contributed by atoms with E-state index >= 15 is 0 Å². The van der Waals surface area contributed by atoms with Crippen LogP contribution in [0.15, 0.2) is 76.1 Å². The number of hydrogen-bond donors (Lipinski definition) is 3. The van der Waals surface area contributed by atoms with Crippen LogP contribution in [0.2, 0.25) is 0 Å². The first-order valence-corrected chi connectivity index (χ1v) is 12.3. The number of ether oxygens (including phenoxy) is 1. The normalized spacial score (nSPS) is 10.9. The lowest BCUT2D eigenvalue weighted by Crippen LogP contribution is -2.34. The zero-order chi connectivity index (χ0) is 24.0. The maximum absolute atomic E-state index is 13.7. The summed E-state index contributed by atoms with van der Waals surface area (Å²) in [4.78, 5) is 12.1. The van der Waals surface area contributed by atoms with Gasteiger partial charge in [0.2, 0.25) is 0 Å². The second kappa shape index (κ2) is 10.7. The molecule has 0 heterocycles.